The minimum absolute atomic E-state index is 0.0128. The Labute approximate surface area is 210 Å². The summed E-state index contributed by atoms with van der Waals surface area (Å²) in [7, 11) is 3.89. The number of imidazole rings is 1. The standard InChI is InChI=1S/C28H30N4O4/c1-18-15-21-16-20(7-10-23(21)36-18)26(33)24-25(19-5-8-22(9-6-19)30(2)3)32(28(35)27(24)34)13-4-12-31-14-11-29-17-31/h5-11,14,16-18,25H,4,12-13,15H2,1-3H3,(H,33,34). The molecule has 0 radical (unpaired) electrons. The van der Waals surface area contributed by atoms with Gasteiger partial charge in [0.05, 0.1) is 12.6 Å². The lowest BCUT2D eigenvalue weighted by atomic mass is 9.94. The van der Waals surface area contributed by atoms with E-state index in [0.717, 1.165) is 22.6 Å². The maximum Gasteiger partial charge on any atom is 0.295 e. The van der Waals surface area contributed by atoms with Crippen molar-refractivity contribution >= 4 is 23.1 Å². The molecule has 3 aromatic rings. The highest BCUT2D eigenvalue weighted by Gasteiger charge is 2.44. The van der Waals surface area contributed by atoms with E-state index in [4.69, 9.17) is 4.74 Å². The van der Waals surface area contributed by atoms with Crippen molar-refractivity contribution in [2.24, 2.45) is 0 Å². The third-order valence-electron chi connectivity index (χ3n) is 6.83. The van der Waals surface area contributed by atoms with Crippen molar-refractivity contribution in [1.29, 1.82) is 0 Å². The Morgan fingerprint density at radius 2 is 1.97 bits per heavy atom. The van der Waals surface area contributed by atoms with E-state index < -0.39 is 23.5 Å². The number of anilines is 1. The molecule has 5 rings (SSSR count). The van der Waals surface area contributed by atoms with Gasteiger partial charge in [-0.2, -0.15) is 0 Å². The van der Waals surface area contributed by atoms with Crippen LogP contribution in [-0.4, -0.2) is 48.3 Å². The molecule has 8 nitrogen and oxygen atoms in total. The number of amides is 1. The van der Waals surface area contributed by atoms with Gasteiger partial charge in [0, 0.05) is 44.7 Å². The molecule has 0 saturated carbocycles. The summed E-state index contributed by atoms with van der Waals surface area (Å²) in [5.41, 5.74) is 3.10. The van der Waals surface area contributed by atoms with Crippen molar-refractivity contribution in [2.45, 2.75) is 38.5 Å². The molecule has 1 fully saturated rings. The number of aromatic amines is 1. The first kappa shape index (κ1) is 23.7. The van der Waals surface area contributed by atoms with E-state index in [2.05, 4.69) is 4.98 Å². The summed E-state index contributed by atoms with van der Waals surface area (Å²) in [6.07, 6.45) is 6.97. The maximum atomic E-state index is 13.8. The Kier molecular flexibility index (Phi) is 6.26. The first-order chi connectivity index (χ1) is 17.3. The van der Waals surface area contributed by atoms with Crippen LogP contribution in [0, 0.1) is 0 Å². The number of aryl methyl sites for hydroxylation is 1. The first-order valence-corrected chi connectivity index (χ1v) is 12.2. The van der Waals surface area contributed by atoms with Crippen LogP contribution in [0.3, 0.4) is 0 Å². The number of aromatic nitrogens is 2. The van der Waals surface area contributed by atoms with Crippen molar-refractivity contribution < 1.29 is 24.0 Å². The van der Waals surface area contributed by atoms with Crippen LogP contribution >= 0.6 is 0 Å². The fourth-order valence-corrected chi connectivity index (χ4v) is 5.00. The van der Waals surface area contributed by atoms with Gasteiger partial charge >= 0.3 is 0 Å². The normalized spacial score (nSPS) is 20.5. The number of hydrogen-bond donors (Lipinski definition) is 1. The summed E-state index contributed by atoms with van der Waals surface area (Å²) in [4.78, 5) is 33.0. The van der Waals surface area contributed by atoms with Gasteiger partial charge in [-0.15, -0.1) is 0 Å². The average Bonchev–Trinajstić information content (AvgIpc) is 3.57. The molecule has 2 aliphatic heterocycles. The highest BCUT2D eigenvalue weighted by atomic mass is 16.5. The Morgan fingerprint density at radius 3 is 2.67 bits per heavy atom. The number of carbonyl (C=O) groups excluding carboxylic acids is 2. The molecule has 2 unspecified atom stereocenters. The van der Waals surface area contributed by atoms with Crippen LogP contribution in [0.5, 0.6) is 5.75 Å². The quantitative estimate of drug-likeness (QED) is 0.239. The predicted octanol–water partition coefficient (Wildman–Crippen LogP) is 2.01. The smallest absolute Gasteiger partial charge is 0.295 e. The van der Waals surface area contributed by atoms with Crippen LogP contribution in [0.1, 0.15) is 36.1 Å². The molecule has 36 heavy (non-hydrogen) atoms. The molecule has 2 aliphatic rings. The number of ether oxygens (including phenoxy) is 1. The second-order valence-corrected chi connectivity index (χ2v) is 9.62. The third kappa shape index (κ3) is 4.34. The molecular weight excluding hydrogens is 456 g/mol. The average molecular weight is 487 g/mol. The Balaban J connectivity index is 1.53. The number of nitrogens with zero attached hydrogens (tertiary/aromatic N) is 3. The number of ketones is 1. The first-order valence-electron chi connectivity index (χ1n) is 12.2. The van der Waals surface area contributed by atoms with Gasteiger partial charge in [-0.25, -0.2) is 4.57 Å². The minimum atomic E-state index is -0.728. The fraction of sp³-hybridized carbons (Fsp3) is 0.321. The SMILES string of the molecule is CC1Cc2cc(C([O-])=C3C(=O)C(=O)N(CCC[n+]4cc[nH]c4)C3c3ccc(N(C)C)cc3)ccc2O1. The summed E-state index contributed by atoms with van der Waals surface area (Å²) in [5.74, 6) is -0.990. The van der Waals surface area contributed by atoms with E-state index in [1.165, 1.54) is 0 Å². The molecule has 0 aliphatic carbocycles. The molecule has 186 valence electrons. The second kappa shape index (κ2) is 9.53. The van der Waals surface area contributed by atoms with Crippen molar-refractivity contribution in [3.63, 3.8) is 0 Å². The summed E-state index contributed by atoms with van der Waals surface area (Å²) in [6.45, 7) is 3.02. The van der Waals surface area contributed by atoms with E-state index in [0.29, 0.717) is 31.5 Å². The molecule has 3 heterocycles. The summed E-state index contributed by atoms with van der Waals surface area (Å²) in [6, 6.07) is 12.2. The van der Waals surface area contributed by atoms with Gasteiger partial charge in [0.15, 0.2) is 0 Å². The van der Waals surface area contributed by atoms with Crippen molar-refractivity contribution in [3.8, 4) is 5.75 Å². The van der Waals surface area contributed by atoms with Crippen molar-refractivity contribution in [2.75, 3.05) is 25.5 Å². The third-order valence-corrected chi connectivity index (χ3v) is 6.83. The number of likely N-dealkylation sites (tertiary alicyclic amines) is 1. The molecule has 2 aromatic carbocycles. The van der Waals surface area contributed by atoms with Crippen molar-refractivity contribution in [3.05, 3.63) is 83.4 Å². The number of benzene rings is 2. The lowest BCUT2D eigenvalue weighted by Gasteiger charge is -2.28. The monoisotopic (exact) mass is 486 g/mol. The van der Waals surface area contributed by atoms with Gasteiger partial charge in [0.25, 0.3) is 5.91 Å². The summed E-state index contributed by atoms with van der Waals surface area (Å²) < 4.78 is 7.74. The number of hydrogen-bond acceptors (Lipinski definition) is 5. The highest BCUT2D eigenvalue weighted by molar-refractivity contribution is 6.46. The number of Topliss-reactive ketones (excluding diaryl/α,β-unsaturated/α-hetero) is 1. The van der Waals surface area contributed by atoms with Crippen LogP contribution in [0.2, 0.25) is 0 Å². The zero-order chi connectivity index (χ0) is 25.4. The molecule has 1 amide bonds. The molecule has 1 N–H and O–H groups in total. The predicted molar refractivity (Wildman–Crippen MR) is 133 cm³/mol. The zero-order valence-corrected chi connectivity index (χ0v) is 20.7. The number of nitrogens with one attached hydrogen (secondary N) is 1. The van der Waals surface area contributed by atoms with Crippen LogP contribution in [0.4, 0.5) is 5.69 Å². The van der Waals surface area contributed by atoms with E-state index in [-0.39, 0.29) is 11.7 Å². The minimum Gasteiger partial charge on any atom is -0.872 e. The lowest BCUT2D eigenvalue weighted by molar-refractivity contribution is -0.695. The maximum absolute atomic E-state index is 13.8. The molecule has 0 bridgehead atoms. The van der Waals surface area contributed by atoms with Gasteiger partial charge < -0.3 is 19.6 Å². The van der Waals surface area contributed by atoms with Gasteiger partial charge in [0.1, 0.15) is 24.2 Å². The van der Waals surface area contributed by atoms with Gasteiger partial charge in [-0.3, -0.25) is 14.6 Å². The van der Waals surface area contributed by atoms with Crippen molar-refractivity contribution in [1.82, 2.24) is 9.88 Å². The van der Waals surface area contributed by atoms with Crippen LogP contribution < -0.4 is 19.3 Å². The van der Waals surface area contributed by atoms with E-state index >= 15 is 0 Å². The molecule has 8 heteroatoms. The van der Waals surface area contributed by atoms with E-state index in [1.54, 1.807) is 23.1 Å². The highest BCUT2D eigenvalue weighted by Crippen LogP contribution is 2.40. The number of H-pyrrole nitrogens is 1. The Hall–Kier alpha value is -4.07. The molecule has 1 saturated heterocycles. The molecule has 0 spiro atoms. The Bertz CT molecular complexity index is 1310. The molecule has 2 atom stereocenters. The van der Waals surface area contributed by atoms with Crippen LogP contribution in [-0.2, 0) is 22.6 Å². The van der Waals surface area contributed by atoms with Crippen LogP contribution in [0.15, 0.2) is 66.8 Å². The summed E-state index contributed by atoms with van der Waals surface area (Å²) in [5, 5.41) is 13.8. The zero-order valence-electron chi connectivity index (χ0n) is 20.7. The number of fused-ring (bicyclic) bond motifs is 1. The molecule has 1 aromatic heterocycles. The number of rotatable bonds is 7. The fourth-order valence-electron chi connectivity index (χ4n) is 5.00. The lowest BCUT2D eigenvalue weighted by Crippen LogP contribution is -2.36. The van der Waals surface area contributed by atoms with Gasteiger partial charge in [-0.1, -0.05) is 24.0 Å². The number of carbonyl (C=O) groups is 2. The molecular formula is C28H30N4O4. The van der Waals surface area contributed by atoms with E-state index in [9.17, 15) is 14.7 Å². The van der Waals surface area contributed by atoms with E-state index in [1.807, 2.05) is 73.5 Å². The van der Waals surface area contributed by atoms with Gasteiger partial charge in [0.2, 0.25) is 12.1 Å². The summed E-state index contributed by atoms with van der Waals surface area (Å²) >= 11 is 0. The van der Waals surface area contributed by atoms with Crippen LogP contribution in [0.25, 0.3) is 5.76 Å². The second-order valence-electron chi connectivity index (χ2n) is 9.62. The Morgan fingerprint density at radius 1 is 1.19 bits per heavy atom. The topological polar surface area (TPSA) is 92.6 Å². The largest absolute Gasteiger partial charge is 0.872 e. The van der Waals surface area contributed by atoms with Gasteiger partial charge in [-0.05, 0) is 47.9 Å².